The standard InChI is InChI=1S/C17H30O5/c1-13(20-10-17-12-22-17)6-18-7-14-2-4-15(5-3-14)8-19-9-16-11-21-16/h13-17H,2-12H2,1H3. The number of ether oxygens (including phenoxy) is 5. The van der Waals surface area contributed by atoms with E-state index in [1.807, 2.05) is 0 Å². The van der Waals surface area contributed by atoms with E-state index in [0.717, 1.165) is 39.0 Å². The zero-order valence-corrected chi connectivity index (χ0v) is 13.7. The van der Waals surface area contributed by atoms with E-state index in [2.05, 4.69) is 6.92 Å². The summed E-state index contributed by atoms with van der Waals surface area (Å²) >= 11 is 0. The van der Waals surface area contributed by atoms with Crippen molar-refractivity contribution in [3.8, 4) is 0 Å². The zero-order valence-electron chi connectivity index (χ0n) is 13.7. The molecule has 5 heteroatoms. The van der Waals surface area contributed by atoms with Gasteiger partial charge in [0.05, 0.1) is 39.1 Å². The molecule has 2 saturated heterocycles. The number of rotatable bonds is 11. The largest absolute Gasteiger partial charge is 0.378 e. The van der Waals surface area contributed by atoms with Gasteiger partial charge in [-0.05, 0) is 44.4 Å². The first kappa shape index (κ1) is 16.7. The fourth-order valence-corrected chi connectivity index (χ4v) is 2.98. The highest BCUT2D eigenvalue weighted by Gasteiger charge is 2.25. The third-order valence-electron chi connectivity index (χ3n) is 4.70. The summed E-state index contributed by atoms with van der Waals surface area (Å²) in [5.41, 5.74) is 0. The second-order valence-corrected chi connectivity index (χ2v) is 7.02. The first-order chi connectivity index (χ1) is 10.8. The quantitative estimate of drug-likeness (QED) is 0.546. The lowest BCUT2D eigenvalue weighted by molar-refractivity contribution is -0.0257. The second-order valence-electron chi connectivity index (χ2n) is 7.02. The van der Waals surface area contributed by atoms with Crippen LogP contribution in [0.15, 0.2) is 0 Å². The molecule has 1 saturated carbocycles. The average molecular weight is 314 g/mol. The predicted molar refractivity (Wildman–Crippen MR) is 82.0 cm³/mol. The van der Waals surface area contributed by atoms with E-state index in [1.165, 1.54) is 25.7 Å². The molecule has 0 N–H and O–H groups in total. The number of epoxide rings is 2. The van der Waals surface area contributed by atoms with Crippen LogP contribution in [0.2, 0.25) is 0 Å². The van der Waals surface area contributed by atoms with Crippen molar-refractivity contribution in [2.24, 2.45) is 11.8 Å². The fraction of sp³-hybridized carbons (Fsp3) is 1.00. The van der Waals surface area contributed by atoms with Gasteiger partial charge in [-0.25, -0.2) is 0 Å². The van der Waals surface area contributed by atoms with E-state index in [-0.39, 0.29) is 6.10 Å². The summed E-state index contributed by atoms with van der Waals surface area (Å²) < 4.78 is 27.5. The molecular formula is C17H30O5. The molecule has 0 aromatic carbocycles. The minimum Gasteiger partial charge on any atom is -0.378 e. The van der Waals surface area contributed by atoms with Crippen LogP contribution in [0.3, 0.4) is 0 Å². The third kappa shape index (κ3) is 6.50. The summed E-state index contributed by atoms with van der Waals surface area (Å²) in [4.78, 5) is 0. The summed E-state index contributed by atoms with van der Waals surface area (Å²) in [6.07, 6.45) is 5.96. The molecule has 3 atom stereocenters. The smallest absolute Gasteiger partial charge is 0.104 e. The van der Waals surface area contributed by atoms with Gasteiger partial charge < -0.3 is 23.7 Å². The van der Waals surface area contributed by atoms with Crippen LogP contribution >= 0.6 is 0 Å². The maximum Gasteiger partial charge on any atom is 0.104 e. The lowest BCUT2D eigenvalue weighted by Crippen LogP contribution is -2.25. The normalized spacial score (nSPS) is 35.3. The molecule has 0 spiro atoms. The van der Waals surface area contributed by atoms with Gasteiger partial charge in [0.2, 0.25) is 0 Å². The Morgan fingerprint density at radius 3 is 1.95 bits per heavy atom. The van der Waals surface area contributed by atoms with Crippen LogP contribution in [0.25, 0.3) is 0 Å². The van der Waals surface area contributed by atoms with Crippen molar-refractivity contribution < 1.29 is 23.7 Å². The van der Waals surface area contributed by atoms with E-state index < -0.39 is 0 Å². The highest BCUT2D eigenvalue weighted by atomic mass is 16.6. The van der Waals surface area contributed by atoms with Gasteiger partial charge in [0.1, 0.15) is 12.2 Å². The van der Waals surface area contributed by atoms with Crippen LogP contribution in [0, 0.1) is 11.8 Å². The van der Waals surface area contributed by atoms with Gasteiger partial charge in [0.15, 0.2) is 0 Å². The third-order valence-corrected chi connectivity index (χ3v) is 4.70. The summed E-state index contributed by atoms with van der Waals surface area (Å²) in [5, 5.41) is 0. The fourth-order valence-electron chi connectivity index (χ4n) is 2.98. The Kier molecular flexibility index (Phi) is 6.51. The molecule has 128 valence electrons. The van der Waals surface area contributed by atoms with Gasteiger partial charge in [-0.2, -0.15) is 0 Å². The van der Waals surface area contributed by atoms with E-state index in [4.69, 9.17) is 23.7 Å². The Hall–Kier alpha value is -0.200. The monoisotopic (exact) mass is 314 g/mol. The summed E-state index contributed by atoms with van der Waals surface area (Å²) in [7, 11) is 0. The molecule has 22 heavy (non-hydrogen) atoms. The van der Waals surface area contributed by atoms with Gasteiger partial charge in [0.25, 0.3) is 0 Å². The molecule has 3 aliphatic rings. The van der Waals surface area contributed by atoms with Gasteiger partial charge in [-0.1, -0.05) is 0 Å². The van der Waals surface area contributed by atoms with Crippen LogP contribution in [0.1, 0.15) is 32.6 Å². The molecule has 3 unspecified atom stereocenters. The predicted octanol–water partition coefficient (Wildman–Crippen LogP) is 2.03. The topological polar surface area (TPSA) is 52.8 Å². The number of hydrogen-bond donors (Lipinski definition) is 0. The van der Waals surface area contributed by atoms with Crippen molar-refractivity contribution in [2.45, 2.75) is 50.9 Å². The van der Waals surface area contributed by atoms with E-state index in [0.29, 0.717) is 31.3 Å². The molecule has 1 aliphatic carbocycles. The van der Waals surface area contributed by atoms with Crippen LogP contribution < -0.4 is 0 Å². The van der Waals surface area contributed by atoms with Crippen molar-refractivity contribution >= 4 is 0 Å². The van der Waals surface area contributed by atoms with Gasteiger partial charge in [0, 0.05) is 13.2 Å². The minimum absolute atomic E-state index is 0.165. The van der Waals surface area contributed by atoms with Gasteiger partial charge in [-0.3, -0.25) is 0 Å². The molecular weight excluding hydrogens is 284 g/mol. The molecule has 2 heterocycles. The highest BCUT2D eigenvalue weighted by Crippen LogP contribution is 2.29. The number of hydrogen-bond acceptors (Lipinski definition) is 5. The lowest BCUT2D eigenvalue weighted by Gasteiger charge is -2.28. The SMILES string of the molecule is CC(COCC1CCC(COCC2CO2)CC1)OCC1CO1. The van der Waals surface area contributed by atoms with Crippen LogP contribution in [0.5, 0.6) is 0 Å². The molecule has 0 aromatic rings. The van der Waals surface area contributed by atoms with Crippen molar-refractivity contribution in [3.05, 3.63) is 0 Å². The Morgan fingerprint density at radius 1 is 0.818 bits per heavy atom. The molecule has 5 nitrogen and oxygen atoms in total. The molecule has 0 bridgehead atoms. The summed E-state index contributed by atoms with van der Waals surface area (Å²) in [6.45, 7) is 7.78. The van der Waals surface area contributed by atoms with Crippen LogP contribution in [-0.4, -0.2) is 64.6 Å². The van der Waals surface area contributed by atoms with E-state index in [9.17, 15) is 0 Å². The Balaban J connectivity index is 1.16. The van der Waals surface area contributed by atoms with E-state index in [1.54, 1.807) is 0 Å². The van der Waals surface area contributed by atoms with Crippen molar-refractivity contribution in [1.82, 2.24) is 0 Å². The Morgan fingerprint density at radius 2 is 1.36 bits per heavy atom. The molecule has 0 radical (unpaired) electrons. The first-order valence-electron chi connectivity index (χ1n) is 8.80. The molecule has 3 fully saturated rings. The Labute approximate surface area is 133 Å². The van der Waals surface area contributed by atoms with Crippen LogP contribution in [0.4, 0.5) is 0 Å². The second kappa shape index (κ2) is 8.60. The molecule has 0 amide bonds. The highest BCUT2D eigenvalue weighted by molar-refractivity contribution is 4.74. The maximum absolute atomic E-state index is 5.83. The lowest BCUT2D eigenvalue weighted by atomic mass is 9.83. The minimum atomic E-state index is 0.165. The summed E-state index contributed by atoms with van der Waals surface area (Å²) in [5.74, 6) is 1.44. The zero-order chi connectivity index (χ0) is 15.2. The average Bonchev–Trinajstić information content (AvgIpc) is 3.41. The Bertz CT molecular complexity index is 308. The molecule has 2 aliphatic heterocycles. The van der Waals surface area contributed by atoms with Crippen molar-refractivity contribution in [1.29, 1.82) is 0 Å². The maximum atomic E-state index is 5.83. The molecule has 0 aromatic heterocycles. The van der Waals surface area contributed by atoms with Crippen LogP contribution in [-0.2, 0) is 23.7 Å². The van der Waals surface area contributed by atoms with Crippen molar-refractivity contribution in [3.63, 3.8) is 0 Å². The van der Waals surface area contributed by atoms with Crippen molar-refractivity contribution in [2.75, 3.05) is 46.2 Å². The summed E-state index contributed by atoms with van der Waals surface area (Å²) in [6, 6.07) is 0. The first-order valence-corrected chi connectivity index (χ1v) is 8.80. The molecule has 3 rings (SSSR count). The van der Waals surface area contributed by atoms with Gasteiger partial charge >= 0.3 is 0 Å². The van der Waals surface area contributed by atoms with E-state index >= 15 is 0 Å². The van der Waals surface area contributed by atoms with Gasteiger partial charge in [-0.15, -0.1) is 0 Å².